The Bertz CT molecular complexity index is 981. The molecule has 4 heterocycles. The van der Waals surface area contributed by atoms with Gasteiger partial charge in [0.2, 0.25) is 0 Å². The van der Waals surface area contributed by atoms with E-state index in [1.165, 1.54) is 37.8 Å². The van der Waals surface area contributed by atoms with Gasteiger partial charge >= 0.3 is 0 Å². The number of piperidine rings is 1. The van der Waals surface area contributed by atoms with Crippen LogP contribution in [0.1, 0.15) is 68.0 Å². The Morgan fingerprint density at radius 2 is 1.73 bits per heavy atom. The van der Waals surface area contributed by atoms with Crippen LogP contribution in [0.5, 0.6) is 0 Å². The molecule has 6 rings (SSSR count). The van der Waals surface area contributed by atoms with E-state index >= 15 is 0 Å². The number of rotatable bonds is 7. The first-order valence-corrected chi connectivity index (χ1v) is 12.5. The van der Waals surface area contributed by atoms with E-state index in [1.807, 2.05) is 12.3 Å². The van der Waals surface area contributed by atoms with Crippen LogP contribution < -0.4 is 10.2 Å². The number of likely N-dealkylation sites (tertiary alicyclic amines) is 1. The summed E-state index contributed by atoms with van der Waals surface area (Å²) in [7, 11) is 0. The normalized spacial score (nSPS) is 23.8. The molecule has 0 bridgehead atoms. The summed E-state index contributed by atoms with van der Waals surface area (Å²) in [6.07, 6.45) is 10.8. The Hall–Kier alpha value is -2.35. The number of aromatic nitrogens is 3. The molecule has 176 valence electrons. The summed E-state index contributed by atoms with van der Waals surface area (Å²) in [6.45, 7) is 3.52. The Kier molecular flexibility index (Phi) is 5.43. The van der Waals surface area contributed by atoms with Crippen LogP contribution in [0.2, 0.25) is 0 Å². The van der Waals surface area contributed by atoms with Crippen molar-refractivity contribution in [2.45, 2.75) is 62.7 Å². The van der Waals surface area contributed by atoms with E-state index in [2.05, 4.69) is 26.3 Å². The average Bonchev–Trinajstić information content (AvgIpc) is 3.74. The van der Waals surface area contributed by atoms with Crippen LogP contribution in [0, 0.1) is 5.92 Å². The second kappa shape index (κ2) is 8.46. The minimum absolute atomic E-state index is 0.116. The van der Waals surface area contributed by atoms with Gasteiger partial charge in [0.1, 0.15) is 17.5 Å². The van der Waals surface area contributed by atoms with E-state index < -0.39 is 5.92 Å². The fraction of sp³-hybridized carbons (Fsp3) is 0.640. The molecule has 0 radical (unpaired) electrons. The topological polar surface area (TPSA) is 57.2 Å². The molecule has 0 aromatic carbocycles. The largest absolute Gasteiger partial charge is 0.350 e. The molecule has 4 aliphatic rings. The van der Waals surface area contributed by atoms with Gasteiger partial charge in [0, 0.05) is 25.4 Å². The average molecular weight is 455 g/mol. The standard InChI is InChI=1S/C25H32F2N6/c26-25(27)7-10-33(16-25)24-12-20(18-5-8-32(9-6-18)15-17-1-2-17)11-22(31-24)30-23-14-28-21(13-29-23)19-3-4-19/h11-14,17-19H,1-10,15-16H2,(H,29,30,31). The van der Waals surface area contributed by atoms with E-state index in [0.29, 0.717) is 35.8 Å². The number of anilines is 3. The lowest BCUT2D eigenvalue weighted by molar-refractivity contribution is 0.0256. The quantitative estimate of drug-likeness (QED) is 0.640. The Balaban J connectivity index is 1.22. The third kappa shape index (κ3) is 5.10. The Morgan fingerprint density at radius 3 is 2.36 bits per heavy atom. The van der Waals surface area contributed by atoms with Crippen LogP contribution in [0.25, 0.3) is 0 Å². The van der Waals surface area contributed by atoms with Crippen molar-refractivity contribution in [2.75, 3.05) is 42.9 Å². The predicted molar refractivity (Wildman–Crippen MR) is 124 cm³/mol. The molecule has 2 saturated heterocycles. The van der Waals surface area contributed by atoms with Crippen LogP contribution >= 0.6 is 0 Å². The number of nitrogens with one attached hydrogen (secondary N) is 1. The monoisotopic (exact) mass is 454 g/mol. The minimum Gasteiger partial charge on any atom is -0.350 e. The van der Waals surface area contributed by atoms with Crippen LogP contribution in [-0.4, -0.2) is 58.5 Å². The summed E-state index contributed by atoms with van der Waals surface area (Å²) in [4.78, 5) is 18.1. The fourth-order valence-corrected chi connectivity index (χ4v) is 5.17. The maximum atomic E-state index is 13.9. The van der Waals surface area contributed by atoms with Crippen LogP contribution in [-0.2, 0) is 0 Å². The van der Waals surface area contributed by atoms with Gasteiger partial charge in [-0.2, -0.15) is 0 Å². The zero-order chi connectivity index (χ0) is 22.4. The van der Waals surface area contributed by atoms with E-state index in [1.54, 1.807) is 11.1 Å². The molecule has 0 atom stereocenters. The van der Waals surface area contributed by atoms with Gasteiger partial charge in [0.15, 0.2) is 0 Å². The van der Waals surface area contributed by atoms with Crippen molar-refractivity contribution >= 4 is 17.5 Å². The van der Waals surface area contributed by atoms with Crippen LogP contribution in [0.4, 0.5) is 26.2 Å². The van der Waals surface area contributed by atoms with Crippen molar-refractivity contribution in [1.82, 2.24) is 19.9 Å². The van der Waals surface area contributed by atoms with E-state index in [-0.39, 0.29) is 13.0 Å². The molecule has 6 nitrogen and oxygen atoms in total. The molecule has 4 fully saturated rings. The third-order valence-electron chi connectivity index (χ3n) is 7.52. The Morgan fingerprint density at radius 1 is 0.909 bits per heavy atom. The lowest BCUT2D eigenvalue weighted by atomic mass is 9.89. The molecule has 1 N–H and O–H groups in total. The lowest BCUT2D eigenvalue weighted by Crippen LogP contribution is -2.34. The van der Waals surface area contributed by atoms with Gasteiger partial charge in [-0.25, -0.2) is 18.7 Å². The zero-order valence-electron chi connectivity index (χ0n) is 19.0. The van der Waals surface area contributed by atoms with Crippen molar-refractivity contribution in [3.8, 4) is 0 Å². The van der Waals surface area contributed by atoms with Crippen LogP contribution in [0.15, 0.2) is 24.5 Å². The summed E-state index contributed by atoms with van der Waals surface area (Å²) >= 11 is 0. The number of halogens is 2. The van der Waals surface area contributed by atoms with Crippen LogP contribution in [0.3, 0.4) is 0 Å². The highest BCUT2D eigenvalue weighted by Gasteiger charge is 2.39. The first kappa shape index (κ1) is 21.2. The number of nitrogens with zero attached hydrogens (tertiary/aromatic N) is 5. The van der Waals surface area contributed by atoms with Crippen molar-refractivity contribution < 1.29 is 8.78 Å². The van der Waals surface area contributed by atoms with Crippen molar-refractivity contribution in [2.24, 2.45) is 5.92 Å². The van der Waals surface area contributed by atoms with Gasteiger partial charge in [0.05, 0.1) is 24.6 Å². The molecule has 33 heavy (non-hydrogen) atoms. The predicted octanol–water partition coefficient (Wildman–Crippen LogP) is 4.93. The van der Waals surface area contributed by atoms with Gasteiger partial charge in [-0.1, -0.05) is 0 Å². The van der Waals surface area contributed by atoms with E-state index in [4.69, 9.17) is 4.98 Å². The molecule has 2 saturated carbocycles. The summed E-state index contributed by atoms with van der Waals surface area (Å²) in [5, 5.41) is 3.29. The van der Waals surface area contributed by atoms with Gasteiger partial charge in [0.25, 0.3) is 5.92 Å². The maximum Gasteiger partial charge on any atom is 0.266 e. The minimum atomic E-state index is -2.65. The smallest absolute Gasteiger partial charge is 0.266 e. The summed E-state index contributed by atoms with van der Waals surface area (Å²) in [6, 6.07) is 4.12. The van der Waals surface area contributed by atoms with Gasteiger partial charge < -0.3 is 15.1 Å². The number of hydrogen-bond acceptors (Lipinski definition) is 6. The first-order valence-electron chi connectivity index (χ1n) is 12.5. The molecule has 2 aromatic rings. The summed E-state index contributed by atoms with van der Waals surface area (Å²) in [5.74, 6) is 1.18. The highest BCUT2D eigenvalue weighted by molar-refractivity contribution is 5.58. The molecule has 0 spiro atoms. The number of hydrogen-bond donors (Lipinski definition) is 1. The van der Waals surface area contributed by atoms with E-state index in [9.17, 15) is 8.78 Å². The lowest BCUT2D eigenvalue weighted by Gasteiger charge is -2.32. The van der Waals surface area contributed by atoms with Crippen molar-refractivity contribution in [3.63, 3.8) is 0 Å². The third-order valence-corrected chi connectivity index (χ3v) is 7.52. The van der Waals surface area contributed by atoms with Gasteiger partial charge in [-0.15, -0.1) is 0 Å². The summed E-state index contributed by atoms with van der Waals surface area (Å²) in [5.41, 5.74) is 2.23. The first-order chi connectivity index (χ1) is 16.0. The zero-order valence-corrected chi connectivity index (χ0v) is 19.0. The maximum absolute atomic E-state index is 13.9. The molecule has 2 aliphatic heterocycles. The Labute approximate surface area is 193 Å². The van der Waals surface area contributed by atoms with Gasteiger partial charge in [-0.05, 0) is 81.1 Å². The summed E-state index contributed by atoms with van der Waals surface area (Å²) < 4.78 is 27.9. The number of alkyl halides is 2. The molecule has 2 aromatic heterocycles. The SMILES string of the molecule is FC1(F)CCN(c2cc(C3CCN(CC4CC4)CC3)cc(Nc3cnc(C4CC4)cn3)n2)C1. The van der Waals surface area contributed by atoms with Crippen molar-refractivity contribution in [3.05, 3.63) is 35.8 Å². The van der Waals surface area contributed by atoms with E-state index in [0.717, 1.165) is 37.5 Å². The molecular formula is C25H32F2N6. The van der Waals surface area contributed by atoms with Crippen molar-refractivity contribution in [1.29, 1.82) is 0 Å². The molecular weight excluding hydrogens is 422 g/mol. The molecule has 0 amide bonds. The molecule has 8 heteroatoms. The highest BCUT2D eigenvalue weighted by atomic mass is 19.3. The molecule has 0 unspecified atom stereocenters. The second-order valence-electron chi connectivity index (χ2n) is 10.4. The second-order valence-corrected chi connectivity index (χ2v) is 10.4. The highest BCUT2D eigenvalue weighted by Crippen LogP contribution is 2.39. The molecule has 2 aliphatic carbocycles. The number of pyridine rings is 1. The van der Waals surface area contributed by atoms with Gasteiger partial charge in [-0.3, -0.25) is 4.98 Å². The fourth-order valence-electron chi connectivity index (χ4n) is 5.17.